The number of nitrogens with one attached hydrogen (secondary N) is 1. The third-order valence-electron chi connectivity index (χ3n) is 5.62. The molecule has 0 aliphatic carbocycles. The summed E-state index contributed by atoms with van der Waals surface area (Å²) in [6.07, 6.45) is 2.12. The van der Waals surface area contributed by atoms with Crippen LogP contribution in [0.5, 0.6) is 0 Å². The molecule has 0 saturated heterocycles. The lowest BCUT2D eigenvalue weighted by molar-refractivity contribution is 0.199. The minimum absolute atomic E-state index is 0.291. The van der Waals surface area contributed by atoms with Crippen molar-refractivity contribution in [2.45, 2.75) is 37.6 Å². The van der Waals surface area contributed by atoms with Crippen LogP contribution in [-0.4, -0.2) is 43.2 Å². The highest BCUT2D eigenvalue weighted by Gasteiger charge is 2.17. The van der Waals surface area contributed by atoms with E-state index in [2.05, 4.69) is 14.3 Å². The van der Waals surface area contributed by atoms with Crippen LogP contribution in [0, 0.1) is 6.92 Å². The van der Waals surface area contributed by atoms with E-state index in [1.54, 1.807) is 25.3 Å². The van der Waals surface area contributed by atoms with Gasteiger partial charge in [-0.2, -0.15) is 0 Å². The predicted octanol–water partition coefficient (Wildman–Crippen LogP) is 3.42. The summed E-state index contributed by atoms with van der Waals surface area (Å²) in [5.74, 6) is 1.30. The van der Waals surface area contributed by atoms with E-state index in [4.69, 9.17) is 15.5 Å². The predicted molar refractivity (Wildman–Crippen MR) is 131 cm³/mol. The van der Waals surface area contributed by atoms with Gasteiger partial charge in [0.2, 0.25) is 10.0 Å². The van der Waals surface area contributed by atoms with Crippen LogP contribution in [0.25, 0.3) is 21.9 Å². The molecule has 0 fully saturated rings. The van der Waals surface area contributed by atoms with Gasteiger partial charge in [-0.05, 0) is 43.5 Å². The standard InChI is InChI=1S/C24H29N5O3S/c1-17-8-7-9-18(16-17)33(30,31)26-13-5-6-14-29-21(12-15-32-2)28-22-23(29)19-10-3-4-11-20(19)27-24(22)25/h3-4,7-11,16,26H,5-6,12-15H2,1-2H3,(H2,25,27). The van der Waals surface area contributed by atoms with E-state index in [9.17, 15) is 8.42 Å². The van der Waals surface area contributed by atoms with Crippen LogP contribution in [0.1, 0.15) is 24.2 Å². The molecule has 3 N–H and O–H groups in total. The van der Waals surface area contributed by atoms with E-state index in [1.165, 1.54) is 0 Å². The second-order valence-electron chi connectivity index (χ2n) is 8.06. The lowest BCUT2D eigenvalue weighted by Gasteiger charge is -2.11. The van der Waals surface area contributed by atoms with Crippen molar-refractivity contribution in [3.63, 3.8) is 0 Å². The fourth-order valence-electron chi connectivity index (χ4n) is 4.00. The Bertz CT molecular complexity index is 1380. The number of rotatable bonds is 10. The monoisotopic (exact) mass is 467 g/mol. The van der Waals surface area contributed by atoms with Gasteiger partial charge >= 0.3 is 0 Å². The summed E-state index contributed by atoms with van der Waals surface area (Å²) in [7, 11) is -1.85. The first-order valence-corrected chi connectivity index (χ1v) is 12.5. The Morgan fingerprint density at radius 3 is 2.70 bits per heavy atom. The summed E-state index contributed by atoms with van der Waals surface area (Å²) in [5.41, 5.74) is 9.62. The van der Waals surface area contributed by atoms with Gasteiger partial charge in [-0.25, -0.2) is 23.1 Å². The summed E-state index contributed by atoms with van der Waals surface area (Å²) in [6.45, 7) is 3.47. The zero-order valence-electron chi connectivity index (χ0n) is 18.9. The van der Waals surface area contributed by atoms with E-state index < -0.39 is 10.0 Å². The number of pyridine rings is 1. The number of imidazole rings is 1. The second-order valence-corrected chi connectivity index (χ2v) is 9.82. The van der Waals surface area contributed by atoms with Gasteiger partial charge in [0.1, 0.15) is 11.3 Å². The zero-order chi connectivity index (χ0) is 23.4. The van der Waals surface area contributed by atoms with Crippen molar-refractivity contribution in [1.29, 1.82) is 0 Å². The SMILES string of the molecule is COCCc1nc2c(N)nc3ccccc3c2n1CCCCNS(=O)(=O)c1cccc(C)c1. The molecule has 2 heterocycles. The molecule has 0 atom stereocenters. The van der Waals surface area contributed by atoms with Crippen LogP contribution in [0.2, 0.25) is 0 Å². The molecule has 4 aromatic rings. The number of nitrogens with zero attached hydrogens (tertiary/aromatic N) is 3. The van der Waals surface area contributed by atoms with E-state index in [-0.39, 0.29) is 0 Å². The highest BCUT2D eigenvalue weighted by Crippen LogP contribution is 2.29. The largest absolute Gasteiger partial charge is 0.384 e. The van der Waals surface area contributed by atoms with Gasteiger partial charge in [-0.15, -0.1) is 0 Å². The van der Waals surface area contributed by atoms with Crippen LogP contribution in [0.15, 0.2) is 53.4 Å². The Kier molecular flexibility index (Phi) is 6.92. The first-order chi connectivity index (χ1) is 15.9. The fraction of sp³-hybridized carbons (Fsp3) is 0.333. The summed E-state index contributed by atoms with van der Waals surface area (Å²) < 4.78 is 35.2. The number of aromatic nitrogens is 3. The number of sulfonamides is 1. The van der Waals surface area contributed by atoms with E-state index >= 15 is 0 Å². The second kappa shape index (κ2) is 9.86. The maximum atomic E-state index is 12.5. The molecule has 2 aromatic heterocycles. The van der Waals surface area contributed by atoms with Crippen LogP contribution in [-0.2, 0) is 27.7 Å². The molecule has 0 aliphatic heterocycles. The Morgan fingerprint density at radius 2 is 1.91 bits per heavy atom. The third-order valence-corrected chi connectivity index (χ3v) is 7.08. The number of unbranched alkanes of at least 4 members (excludes halogenated alkanes) is 1. The molecule has 174 valence electrons. The summed E-state index contributed by atoms with van der Waals surface area (Å²) >= 11 is 0. The lowest BCUT2D eigenvalue weighted by atomic mass is 10.2. The van der Waals surface area contributed by atoms with Gasteiger partial charge in [0.15, 0.2) is 5.82 Å². The molecule has 0 unspecified atom stereocenters. The number of ether oxygens (including phenoxy) is 1. The maximum absolute atomic E-state index is 12.5. The molecular formula is C24H29N5O3S. The normalized spacial score (nSPS) is 12.1. The van der Waals surface area contributed by atoms with Crippen LogP contribution < -0.4 is 10.5 Å². The van der Waals surface area contributed by atoms with Gasteiger partial charge in [-0.1, -0.05) is 30.3 Å². The highest BCUT2D eigenvalue weighted by molar-refractivity contribution is 7.89. The van der Waals surface area contributed by atoms with Gasteiger partial charge in [0.05, 0.1) is 22.5 Å². The number of nitrogens with two attached hydrogens (primary N) is 1. The molecule has 2 aromatic carbocycles. The molecule has 9 heteroatoms. The van der Waals surface area contributed by atoms with E-state index in [1.807, 2.05) is 37.3 Å². The lowest BCUT2D eigenvalue weighted by Crippen LogP contribution is -2.25. The van der Waals surface area contributed by atoms with Crippen LogP contribution >= 0.6 is 0 Å². The zero-order valence-corrected chi connectivity index (χ0v) is 19.7. The van der Waals surface area contributed by atoms with Crippen molar-refractivity contribution in [3.8, 4) is 0 Å². The molecule has 0 aliphatic rings. The minimum Gasteiger partial charge on any atom is -0.384 e. The smallest absolute Gasteiger partial charge is 0.240 e. The summed E-state index contributed by atoms with van der Waals surface area (Å²) in [5, 5.41) is 0.998. The number of aryl methyl sites for hydroxylation is 2. The molecule has 0 radical (unpaired) electrons. The van der Waals surface area contributed by atoms with Gasteiger partial charge in [-0.3, -0.25) is 0 Å². The first kappa shape index (κ1) is 23.2. The number of methoxy groups -OCH3 is 1. The summed E-state index contributed by atoms with van der Waals surface area (Å²) in [4.78, 5) is 9.57. The molecule has 4 rings (SSSR count). The van der Waals surface area contributed by atoms with Gasteiger partial charge < -0.3 is 15.0 Å². The average molecular weight is 468 g/mol. The number of para-hydroxylation sites is 1. The number of fused-ring (bicyclic) bond motifs is 3. The van der Waals surface area contributed by atoms with Gasteiger partial charge in [0.25, 0.3) is 0 Å². The van der Waals surface area contributed by atoms with Crippen molar-refractivity contribution in [1.82, 2.24) is 19.3 Å². The number of nitrogen functional groups attached to an aromatic ring is 1. The quantitative estimate of drug-likeness (QED) is 0.346. The van der Waals surface area contributed by atoms with Crippen LogP contribution in [0.4, 0.5) is 5.82 Å². The Morgan fingerprint density at radius 1 is 1.09 bits per heavy atom. The summed E-state index contributed by atoms with van der Waals surface area (Å²) in [6, 6.07) is 14.8. The fourth-order valence-corrected chi connectivity index (χ4v) is 5.18. The van der Waals surface area contributed by atoms with Crippen molar-refractivity contribution in [2.75, 3.05) is 26.0 Å². The molecule has 0 amide bonds. The number of hydrogen-bond donors (Lipinski definition) is 2. The number of anilines is 1. The Hall–Kier alpha value is -3.01. The maximum Gasteiger partial charge on any atom is 0.240 e. The van der Waals surface area contributed by atoms with E-state index in [0.717, 1.165) is 34.2 Å². The molecular weight excluding hydrogens is 438 g/mol. The topological polar surface area (TPSA) is 112 Å². The third kappa shape index (κ3) is 5.00. The van der Waals surface area contributed by atoms with Crippen LogP contribution in [0.3, 0.4) is 0 Å². The molecule has 8 nitrogen and oxygen atoms in total. The minimum atomic E-state index is -3.52. The first-order valence-electron chi connectivity index (χ1n) is 11.0. The van der Waals surface area contributed by atoms with Crippen molar-refractivity contribution >= 4 is 37.8 Å². The number of hydrogen-bond acceptors (Lipinski definition) is 6. The van der Waals surface area contributed by atoms with Gasteiger partial charge in [0, 0.05) is 32.0 Å². The molecule has 0 bridgehead atoms. The van der Waals surface area contributed by atoms with Crippen molar-refractivity contribution in [3.05, 3.63) is 59.9 Å². The van der Waals surface area contributed by atoms with Crippen molar-refractivity contribution < 1.29 is 13.2 Å². The Labute approximate surface area is 193 Å². The molecule has 33 heavy (non-hydrogen) atoms. The highest BCUT2D eigenvalue weighted by atomic mass is 32.2. The molecule has 0 spiro atoms. The van der Waals surface area contributed by atoms with E-state index in [0.29, 0.717) is 48.8 Å². The molecule has 0 saturated carbocycles. The number of benzene rings is 2. The van der Waals surface area contributed by atoms with Crippen molar-refractivity contribution in [2.24, 2.45) is 0 Å². The Balaban J connectivity index is 1.52. The average Bonchev–Trinajstić information content (AvgIpc) is 3.17.